The molecule has 0 amide bonds. The van der Waals surface area contributed by atoms with Gasteiger partial charge in [0.2, 0.25) is 0 Å². The molecule has 0 aliphatic rings. The molecule has 1 unspecified atom stereocenters. The first-order valence-corrected chi connectivity index (χ1v) is 3.11. The normalized spacial score (nSPS) is 9.83. The van der Waals surface area contributed by atoms with Crippen molar-refractivity contribution in [1.82, 2.24) is 0 Å². The van der Waals surface area contributed by atoms with E-state index >= 15 is 0 Å². The molecule has 1 aromatic rings. The molecule has 0 saturated heterocycles. The van der Waals surface area contributed by atoms with Gasteiger partial charge in [0.05, 0.1) is 0 Å². The fraction of sp³-hybridized carbons (Fsp3) is 0.250. The molecule has 4 heteroatoms. The molecule has 1 rings (SSSR count). The quantitative estimate of drug-likeness (QED) is 0.522. The summed E-state index contributed by atoms with van der Waals surface area (Å²) in [5.74, 6) is 0. The van der Waals surface area contributed by atoms with Crippen molar-refractivity contribution in [2.24, 2.45) is 5.73 Å². The SMILES string of the molecule is CC(N)c1ccccc1.[Cl-].[Cl-].[Pd+2]. The largest absolute Gasteiger partial charge is 2.00 e. The Labute approximate surface area is 99.6 Å². The molecule has 0 bridgehead atoms. The van der Waals surface area contributed by atoms with Gasteiger partial charge in [-0.3, -0.25) is 0 Å². The zero-order valence-corrected chi connectivity index (χ0v) is 9.68. The van der Waals surface area contributed by atoms with E-state index in [0.717, 1.165) is 0 Å². The smallest absolute Gasteiger partial charge is 1.00 e. The Bertz CT molecular complexity index is 180. The van der Waals surface area contributed by atoms with Gasteiger partial charge < -0.3 is 30.5 Å². The number of benzene rings is 1. The van der Waals surface area contributed by atoms with Gasteiger partial charge in [-0.15, -0.1) is 0 Å². The average Bonchev–Trinajstić information content (AvgIpc) is 1.90. The Morgan fingerprint density at radius 3 is 1.75 bits per heavy atom. The molecule has 0 aliphatic heterocycles. The van der Waals surface area contributed by atoms with Crippen LogP contribution in [0.4, 0.5) is 0 Å². The summed E-state index contributed by atoms with van der Waals surface area (Å²) in [4.78, 5) is 0. The topological polar surface area (TPSA) is 26.0 Å². The molecule has 1 aromatic carbocycles. The van der Waals surface area contributed by atoms with Gasteiger partial charge >= 0.3 is 20.4 Å². The first-order valence-electron chi connectivity index (χ1n) is 3.11. The summed E-state index contributed by atoms with van der Waals surface area (Å²) < 4.78 is 0. The van der Waals surface area contributed by atoms with Crippen molar-refractivity contribution in [2.45, 2.75) is 13.0 Å². The molecule has 72 valence electrons. The van der Waals surface area contributed by atoms with E-state index in [1.165, 1.54) is 5.56 Å². The van der Waals surface area contributed by atoms with Gasteiger partial charge in [0.15, 0.2) is 0 Å². The molecule has 0 radical (unpaired) electrons. The summed E-state index contributed by atoms with van der Waals surface area (Å²) in [5.41, 5.74) is 6.81. The van der Waals surface area contributed by atoms with E-state index in [9.17, 15) is 0 Å². The zero-order valence-electron chi connectivity index (χ0n) is 6.61. The second-order valence-electron chi connectivity index (χ2n) is 2.20. The molecule has 0 spiro atoms. The predicted octanol–water partition coefficient (Wildman–Crippen LogP) is -4.29. The summed E-state index contributed by atoms with van der Waals surface area (Å²) in [6.07, 6.45) is 0. The van der Waals surface area contributed by atoms with E-state index in [4.69, 9.17) is 5.73 Å². The third-order valence-corrected chi connectivity index (χ3v) is 1.33. The van der Waals surface area contributed by atoms with Gasteiger partial charge in [-0.2, -0.15) is 0 Å². The molecule has 1 nitrogen and oxygen atoms in total. The predicted molar refractivity (Wildman–Crippen MR) is 39.0 cm³/mol. The minimum Gasteiger partial charge on any atom is -1.00 e. The monoisotopic (exact) mass is 297 g/mol. The zero-order chi connectivity index (χ0) is 6.69. The minimum absolute atomic E-state index is 0. The fourth-order valence-corrected chi connectivity index (χ4v) is 0.757. The van der Waals surface area contributed by atoms with Crippen molar-refractivity contribution >= 4 is 0 Å². The van der Waals surface area contributed by atoms with Crippen LogP contribution in [0.5, 0.6) is 0 Å². The van der Waals surface area contributed by atoms with E-state index in [-0.39, 0.29) is 51.3 Å². The molecule has 0 aliphatic carbocycles. The van der Waals surface area contributed by atoms with Crippen LogP contribution in [0.2, 0.25) is 0 Å². The second kappa shape index (κ2) is 9.51. The van der Waals surface area contributed by atoms with Crippen LogP contribution in [0.15, 0.2) is 30.3 Å². The molecule has 0 aromatic heterocycles. The fourth-order valence-electron chi connectivity index (χ4n) is 0.757. The number of hydrogen-bond acceptors (Lipinski definition) is 1. The Kier molecular flexibility index (Phi) is 14.5. The Balaban J connectivity index is -0.000000270. The third-order valence-electron chi connectivity index (χ3n) is 1.33. The number of hydrogen-bond donors (Lipinski definition) is 1. The Hall–Kier alpha value is 0.422. The number of halogens is 2. The summed E-state index contributed by atoms with van der Waals surface area (Å²) >= 11 is 0. The van der Waals surface area contributed by atoms with Crippen LogP contribution in [0.3, 0.4) is 0 Å². The average molecular weight is 299 g/mol. The van der Waals surface area contributed by atoms with Crippen molar-refractivity contribution in [3.63, 3.8) is 0 Å². The van der Waals surface area contributed by atoms with Crippen molar-refractivity contribution in [1.29, 1.82) is 0 Å². The molecular weight excluding hydrogens is 287 g/mol. The van der Waals surface area contributed by atoms with Crippen LogP contribution in [-0.2, 0) is 20.4 Å². The molecule has 2 N–H and O–H groups in total. The van der Waals surface area contributed by atoms with E-state index in [1.54, 1.807) is 0 Å². The van der Waals surface area contributed by atoms with Crippen molar-refractivity contribution in [3.05, 3.63) is 35.9 Å². The van der Waals surface area contributed by atoms with E-state index in [0.29, 0.717) is 0 Å². The van der Waals surface area contributed by atoms with Gasteiger partial charge in [0.25, 0.3) is 0 Å². The maximum Gasteiger partial charge on any atom is 2.00 e. The molecule has 0 heterocycles. The molecular formula is C8H11Cl2NPd. The minimum atomic E-state index is 0. The van der Waals surface area contributed by atoms with Crippen molar-refractivity contribution in [2.75, 3.05) is 0 Å². The van der Waals surface area contributed by atoms with Crippen LogP contribution < -0.4 is 30.5 Å². The van der Waals surface area contributed by atoms with E-state index in [2.05, 4.69) is 0 Å². The summed E-state index contributed by atoms with van der Waals surface area (Å²) in [6.45, 7) is 1.98. The van der Waals surface area contributed by atoms with Gasteiger partial charge in [-0.1, -0.05) is 30.3 Å². The standard InChI is InChI=1S/C8H11N.2ClH.Pd/c1-7(9)8-5-3-2-4-6-8;;;/h2-7H,9H2,1H3;2*1H;/q;;;+2/p-2. The number of nitrogens with two attached hydrogens (primary N) is 1. The second-order valence-corrected chi connectivity index (χ2v) is 2.20. The van der Waals surface area contributed by atoms with Crippen molar-refractivity contribution in [3.8, 4) is 0 Å². The first kappa shape index (κ1) is 18.3. The summed E-state index contributed by atoms with van der Waals surface area (Å²) in [5, 5.41) is 0. The summed E-state index contributed by atoms with van der Waals surface area (Å²) in [6, 6.07) is 10.2. The van der Waals surface area contributed by atoms with E-state index in [1.807, 2.05) is 37.3 Å². The Morgan fingerprint density at radius 2 is 1.50 bits per heavy atom. The molecule has 0 fully saturated rings. The van der Waals surface area contributed by atoms with Crippen molar-refractivity contribution < 1.29 is 45.2 Å². The van der Waals surface area contributed by atoms with Crippen LogP contribution >= 0.6 is 0 Å². The van der Waals surface area contributed by atoms with Gasteiger partial charge in [0.1, 0.15) is 0 Å². The maximum absolute atomic E-state index is 5.61. The number of rotatable bonds is 1. The van der Waals surface area contributed by atoms with Crippen LogP contribution in [0.1, 0.15) is 18.5 Å². The van der Waals surface area contributed by atoms with Crippen LogP contribution in [0.25, 0.3) is 0 Å². The third kappa shape index (κ3) is 6.00. The molecule has 0 saturated carbocycles. The first-order chi connectivity index (χ1) is 4.30. The van der Waals surface area contributed by atoms with Crippen LogP contribution in [0, 0.1) is 0 Å². The molecule has 1 atom stereocenters. The van der Waals surface area contributed by atoms with Gasteiger partial charge in [-0.05, 0) is 12.5 Å². The van der Waals surface area contributed by atoms with Crippen LogP contribution in [-0.4, -0.2) is 0 Å². The maximum atomic E-state index is 5.61. The van der Waals surface area contributed by atoms with Gasteiger partial charge in [-0.25, -0.2) is 0 Å². The molecule has 12 heavy (non-hydrogen) atoms. The van der Waals surface area contributed by atoms with E-state index < -0.39 is 0 Å². The summed E-state index contributed by atoms with van der Waals surface area (Å²) in [7, 11) is 0. The van der Waals surface area contributed by atoms with Gasteiger partial charge in [0, 0.05) is 6.04 Å². The Morgan fingerprint density at radius 1 is 1.08 bits per heavy atom.